The number of hydrogen-bond acceptors (Lipinski definition) is 4. The summed E-state index contributed by atoms with van der Waals surface area (Å²) in [7, 11) is 3.83. The Kier molecular flexibility index (Phi) is 6.67. The van der Waals surface area contributed by atoms with Gasteiger partial charge in [0.05, 0.1) is 5.02 Å². The normalized spacial score (nSPS) is 11.4. The molecular formula is C21H19ClF3N3OS. The number of carbonyl (C=O) groups excluding carboxylic acids is 1. The first kappa shape index (κ1) is 22.1. The van der Waals surface area contributed by atoms with Crippen LogP contribution < -0.4 is 10.2 Å². The molecule has 2 aromatic carbocycles. The van der Waals surface area contributed by atoms with E-state index in [0.29, 0.717) is 23.3 Å². The van der Waals surface area contributed by atoms with Gasteiger partial charge < -0.3 is 10.2 Å². The first-order chi connectivity index (χ1) is 14.2. The van der Waals surface area contributed by atoms with Gasteiger partial charge in [-0.3, -0.25) is 4.79 Å². The van der Waals surface area contributed by atoms with Crippen LogP contribution in [0.1, 0.15) is 20.9 Å². The molecule has 0 aliphatic carbocycles. The smallest absolute Gasteiger partial charge is 0.378 e. The Bertz CT molecular complexity index is 1050. The van der Waals surface area contributed by atoms with Gasteiger partial charge in [-0.15, -0.1) is 11.3 Å². The van der Waals surface area contributed by atoms with E-state index < -0.39 is 22.7 Å². The van der Waals surface area contributed by atoms with Gasteiger partial charge in [-0.1, -0.05) is 41.9 Å². The van der Waals surface area contributed by atoms with Gasteiger partial charge in [-0.25, -0.2) is 4.98 Å². The maximum atomic E-state index is 13.5. The van der Waals surface area contributed by atoms with E-state index in [1.807, 2.05) is 43.3 Å². The minimum absolute atomic E-state index is 0.0526. The predicted octanol–water partition coefficient (Wildman–Crippen LogP) is 5.52. The van der Waals surface area contributed by atoms with E-state index in [0.717, 1.165) is 11.3 Å². The number of halogens is 4. The second kappa shape index (κ2) is 9.06. The Morgan fingerprint density at radius 3 is 2.57 bits per heavy atom. The van der Waals surface area contributed by atoms with E-state index in [9.17, 15) is 18.0 Å². The summed E-state index contributed by atoms with van der Waals surface area (Å²) in [6.07, 6.45) is -4.26. The summed E-state index contributed by atoms with van der Waals surface area (Å²) < 4.78 is 40.4. The molecule has 0 atom stereocenters. The average Bonchev–Trinajstić information content (AvgIpc) is 3.14. The van der Waals surface area contributed by atoms with Crippen LogP contribution in [0.25, 0.3) is 10.6 Å². The standard InChI is InChI=1S/C21H19ClF3N3OS/c1-28(2)14-7-5-6-13(12-14)10-11-26-19(29)17-18(21(23,24)25)27-20(30-17)15-8-3-4-9-16(15)22/h3-9,12H,10-11H2,1-2H3,(H,26,29). The van der Waals surface area contributed by atoms with Gasteiger partial charge in [0.15, 0.2) is 5.69 Å². The van der Waals surface area contributed by atoms with E-state index in [-0.39, 0.29) is 16.6 Å². The number of thiazole rings is 1. The number of anilines is 1. The molecule has 1 N–H and O–H groups in total. The van der Waals surface area contributed by atoms with Gasteiger partial charge in [0, 0.05) is 31.9 Å². The van der Waals surface area contributed by atoms with Crippen LogP contribution in [0.15, 0.2) is 48.5 Å². The first-order valence-corrected chi connectivity index (χ1v) is 10.2. The number of nitrogens with zero attached hydrogens (tertiary/aromatic N) is 2. The highest BCUT2D eigenvalue weighted by Gasteiger charge is 2.39. The van der Waals surface area contributed by atoms with Crippen LogP contribution in [-0.4, -0.2) is 31.5 Å². The van der Waals surface area contributed by atoms with Crippen molar-refractivity contribution in [2.24, 2.45) is 0 Å². The van der Waals surface area contributed by atoms with Crippen molar-refractivity contribution in [3.05, 3.63) is 69.7 Å². The Morgan fingerprint density at radius 2 is 1.90 bits per heavy atom. The van der Waals surface area contributed by atoms with Crippen molar-refractivity contribution in [2.75, 3.05) is 25.5 Å². The van der Waals surface area contributed by atoms with Crippen molar-refractivity contribution in [1.29, 1.82) is 0 Å². The minimum Gasteiger partial charge on any atom is -0.378 e. The van der Waals surface area contributed by atoms with Crippen LogP contribution >= 0.6 is 22.9 Å². The lowest BCUT2D eigenvalue weighted by molar-refractivity contribution is -0.141. The summed E-state index contributed by atoms with van der Waals surface area (Å²) in [6.45, 7) is 0.201. The SMILES string of the molecule is CN(C)c1cccc(CCNC(=O)c2sc(-c3ccccc3Cl)nc2C(F)(F)F)c1. The van der Waals surface area contributed by atoms with Gasteiger partial charge in [-0.2, -0.15) is 13.2 Å². The number of hydrogen-bond donors (Lipinski definition) is 1. The van der Waals surface area contributed by atoms with Crippen LogP contribution in [-0.2, 0) is 12.6 Å². The Labute approximate surface area is 181 Å². The third-order valence-corrected chi connectivity index (χ3v) is 5.75. The summed E-state index contributed by atoms with van der Waals surface area (Å²) in [5, 5.41) is 2.90. The largest absolute Gasteiger partial charge is 0.435 e. The van der Waals surface area contributed by atoms with Gasteiger partial charge in [0.2, 0.25) is 0 Å². The van der Waals surface area contributed by atoms with Gasteiger partial charge in [0.1, 0.15) is 9.88 Å². The fourth-order valence-corrected chi connectivity index (χ4v) is 4.13. The third kappa shape index (κ3) is 5.12. The van der Waals surface area contributed by atoms with Gasteiger partial charge in [-0.05, 0) is 30.2 Å². The monoisotopic (exact) mass is 453 g/mol. The molecule has 0 saturated carbocycles. The Morgan fingerprint density at radius 1 is 1.17 bits per heavy atom. The lowest BCUT2D eigenvalue weighted by Gasteiger charge is -2.13. The molecule has 1 heterocycles. The van der Waals surface area contributed by atoms with Gasteiger partial charge in [0.25, 0.3) is 5.91 Å². The second-order valence-corrected chi connectivity index (χ2v) is 8.15. The maximum Gasteiger partial charge on any atom is 0.435 e. The average molecular weight is 454 g/mol. The number of amides is 1. The maximum absolute atomic E-state index is 13.5. The van der Waals surface area contributed by atoms with Crippen LogP contribution in [0.3, 0.4) is 0 Å². The number of rotatable bonds is 6. The molecule has 0 bridgehead atoms. The molecule has 9 heteroatoms. The number of carbonyl (C=O) groups is 1. The van der Waals surface area contributed by atoms with E-state index >= 15 is 0 Å². The second-order valence-electron chi connectivity index (χ2n) is 6.74. The van der Waals surface area contributed by atoms with Crippen LogP contribution in [0.2, 0.25) is 5.02 Å². The van der Waals surface area contributed by atoms with E-state index in [4.69, 9.17) is 11.6 Å². The van der Waals surface area contributed by atoms with Crippen LogP contribution in [0.4, 0.5) is 18.9 Å². The molecule has 0 saturated heterocycles. The molecule has 4 nitrogen and oxygen atoms in total. The molecule has 158 valence electrons. The molecule has 0 aliphatic heterocycles. The zero-order valence-electron chi connectivity index (χ0n) is 16.3. The molecule has 1 amide bonds. The van der Waals surface area contributed by atoms with Gasteiger partial charge >= 0.3 is 6.18 Å². The Hall–Kier alpha value is -2.58. The van der Waals surface area contributed by atoms with Crippen molar-refractivity contribution >= 4 is 34.5 Å². The zero-order valence-corrected chi connectivity index (χ0v) is 17.8. The molecular weight excluding hydrogens is 435 g/mol. The van der Waals surface area contributed by atoms with Crippen molar-refractivity contribution in [3.63, 3.8) is 0 Å². The fraction of sp³-hybridized carbons (Fsp3) is 0.238. The van der Waals surface area contributed by atoms with E-state index in [2.05, 4.69) is 10.3 Å². The quantitative estimate of drug-likeness (QED) is 0.534. The van der Waals surface area contributed by atoms with Crippen molar-refractivity contribution in [1.82, 2.24) is 10.3 Å². The molecule has 0 radical (unpaired) electrons. The van der Waals surface area contributed by atoms with E-state index in [1.165, 1.54) is 0 Å². The summed E-state index contributed by atoms with van der Waals surface area (Å²) in [4.78, 5) is 17.7. The molecule has 3 aromatic rings. The van der Waals surface area contributed by atoms with Crippen molar-refractivity contribution in [2.45, 2.75) is 12.6 Å². The number of benzene rings is 2. The molecule has 0 aliphatic rings. The highest BCUT2D eigenvalue weighted by Crippen LogP contribution is 2.39. The first-order valence-electron chi connectivity index (χ1n) is 9.04. The summed E-state index contributed by atoms with van der Waals surface area (Å²) in [6, 6.07) is 14.2. The number of nitrogens with one attached hydrogen (secondary N) is 1. The predicted molar refractivity (Wildman–Crippen MR) is 114 cm³/mol. The van der Waals surface area contributed by atoms with E-state index in [1.54, 1.807) is 24.3 Å². The minimum atomic E-state index is -4.75. The highest BCUT2D eigenvalue weighted by molar-refractivity contribution is 7.17. The van der Waals surface area contributed by atoms with Crippen LogP contribution in [0, 0.1) is 0 Å². The third-order valence-electron chi connectivity index (χ3n) is 4.33. The summed E-state index contributed by atoms with van der Waals surface area (Å²) in [5.74, 6) is -0.804. The van der Waals surface area contributed by atoms with Crippen LogP contribution in [0.5, 0.6) is 0 Å². The summed E-state index contributed by atoms with van der Waals surface area (Å²) >= 11 is 6.76. The molecule has 0 unspecified atom stereocenters. The van der Waals surface area contributed by atoms with Crippen molar-refractivity contribution in [3.8, 4) is 10.6 Å². The lowest BCUT2D eigenvalue weighted by Crippen LogP contribution is -2.27. The molecule has 1 aromatic heterocycles. The van der Waals surface area contributed by atoms with Crippen molar-refractivity contribution < 1.29 is 18.0 Å². The topological polar surface area (TPSA) is 45.2 Å². The summed E-state index contributed by atoms with van der Waals surface area (Å²) in [5.41, 5.74) is 1.13. The molecule has 30 heavy (non-hydrogen) atoms. The highest BCUT2D eigenvalue weighted by atomic mass is 35.5. The molecule has 0 spiro atoms. The molecule has 0 fully saturated rings. The molecule has 3 rings (SSSR count). The lowest BCUT2D eigenvalue weighted by atomic mass is 10.1. The zero-order chi connectivity index (χ0) is 21.9. The Balaban J connectivity index is 1.78. The number of aromatic nitrogens is 1. The fourth-order valence-electron chi connectivity index (χ4n) is 2.81. The number of alkyl halides is 3.